The van der Waals surface area contributed by atoms with Crippen molar-refractivity contribution in [3.63, 3.8) is 0 Å². The second-order valence-corrected chi connectivity index (χ2v) is 6.12. The molecule has 7 heteroatoms. The van der Waals surface area contributed by atoms with Gasteiger partial charge in [0.15, 0.2) is 11.5 Å². The second-order valence-electron chi connectivity index (χ2n) is 6.12. The number of ether oxygens (including phenoxy) is 3. The largest absolute Gasteiger partial charge is 0.497 e. The number of methoxy groups -OCH3 is 1. The highest BCUT2D eigenvalue weighted by atomic mass is 16.6. The topological polar surface area (TPSA) is 89.7 Å². The number of amides is 1. The number of carbonyl (C=O) groups is 1. The van der Waals surface area contributed by atoms with E-state index in [1.807, 2.05) is 6.07 Å². The van der Waals surface area contributed by atoms with Gasteiger partial charge in [-0.15, -0.1) is 0 Å². The summed E-state index contributed by atoms with van der Waals surface area (Å²) in [6.45, 7) is 1.09. The van der Waals surface area contributed by atoms with Crippen LogP contribution in [0.2, 0.25) is 0 Å². The Hall–Kier alpha value is -3.48. The SMILES string of the molecule is COc1ccc(C(=O)NCc2cc3cc4c(cc3[nH]c2=O)OCCO4)cc1. The number of benzene rings is 2. The lowest BCUT2D eigenvalue weighted by molar-refractivity contribution is 0.0951. The van der Waals surface area contributed by atoms with Crippen LogP contribution in [0.3, 0.4) is 0 Å². The smallest absolute Gasteiger partial charge is 0.253 e. The van der Waals surface area contributed by atoms with E-state index in [2.05, 4.69) is 10.3 Å². The molecule has 2 heterocycles. The van der Waals surface area contributed by atoms with E-state index in [-0.39, 0.29) is 18.0 Å². The van der Waals surface area contributed by atoms with Crippen LogP contribution in [-0.4, -0.2) is 31.2 Å². The van der Waals surface area contributed by atoms with Crippen molar-refractivity contribution in [1.29, 1.82) is 0 Å². The highest BCUT2D eigenvalue weighted by molar-refractivity contribution is 5.94. The number of hydrogen-bond acceptors (Lipinski definition) is 5. The van der Waals surface area contributed by atoms with Crippen molar-refractivity contribution in [2.75, 3.05) is 20.3 Å². The molecule has 0 saturated heterocycles. The summed E-state index contributed by atoms with van der Waals surface area (Å²) < 4.78 is 16.2. The van der Waals surface area contributed by atoms with Crippen molar-refractivity contribution in [1.82, 2.24) is 10.3 Å². The van der Waals surface area contributed by atoms with Crippen molar-refractivity contribution >= 4 is 16.8 Å². The maximum Gasteiger partial charge on any atom is 0.253 e. The monoisotopic (exact) mass is 366 g/mol. The molecule has 2 aromatic carbocycles. The normalized spacial score (nSPS) is 12.6. The lowest BCUT2D eigenvalue weighted by Gasteiger charge is -2.18. The minimum atomic E-state index is -0.265. The molecule has 1 amide bonds. The summed E-state index contributed by atoms with van der Waals surface area (Å²) in [6.07, 6.45) is 0. The first kappa shape index (κ1) is 17.0. The lowest BCUT2D eigenvalue weighted by atomic mass is 10.1. The molecule has 2 N–H and O–H groups in total. The fraction of sp³-hybridized carbons (Fsp3) is 0.200. The quantitative estimate of drug-likeness (QED) is 0.739. The predicted octanol–water partition coefficient (Wildman–Crippen LogP) is 2.24. The van der Waals surface area contributed by atoms with Crippen molar-refractivity contribution < 1.29 is 19.0 Å². The van der Waals surface area contributed by atoms with Gasteiger partial charge in [-0.1, -0.05) is 0 Å². The van der Waals surface area contributed by atoms with Crippen molar-refractivity contribution in [2.45, 2.75) is 6.54 Å². The molecule has 0 atom stereocenters. The van der Waals surface area contributed by atoms with E-state index in [1.54, 1.807) is 43.5 Å². The van der Waals surface area contributed by atoms with Gasteiger partial charge in [0, 0.05) is 29.1 Å². The van der Waals surface area contributed by atoms with Gasteiger partial charge in [-0.25, -0.2) is 0 Å². The number of fused-ring (bicyclic) bond motifs is 2. The molecule has 0 spiro atoms. The van der Waals surface area contributed by atoms with E-state index >= 15 is 0 Å². The molecule has 7 nitrogen and oxygen atoms in total. The molecule has 0 radical (unpaired) electrons. The molecule has 1 aliphatic rings. The molecule has 0 bridgehead atoms. The van der Waals surface area contributed by atoms with Crippen LogP contribution in [0.4, 0.5) is 0 Å². The maximum atomic E-state index is 12.3. The summed E-state index contributed by atoms with van der Waals surface area (Å²) in [5, 5.41) is 3.58. The zero-order valence-electron chi connectivity index (χ0n) is 14.7. The summed E-state index contributed by atoms with van der Waals surface area (Å²) >= 11 is 0. The van der Waals surface area contributed by atoms with E-state index in [1.165, 1.54) is 0 Å². The second kappa shape index (κ2) is 7.03. The van der Waals surface area contributed by atoms with Gasteiger partial charge in [0.25, 0.3) is 11.5 Å². The van der Waals surface area contributed by atoms with Gasteiger partial charge in [0.2, 0.25) is 0 Å². The van der Waals surface area contributed by atoms with E-state index in [0.717, 1.165) is 5.39 Å². The zero-order valence-corrected chi connectivity index (χ0v) is 14.7. The number of aromatic amines is 1. The Kier molecular flexibility index (Phi) is 4.42. The maximum absolute atomic E-state index is 12.3. The third kappa shape index (κ3) is 3.44. The third-order valence-electron chi connectivity index (χ3n) is 4.38. The number of carbonyl (C=O) groups excluding carboxylic acids is 1. The minimum absolute atomic E-state index is 0.116. The van der Waals surface area contributed by atoms with Crippen LogP contribution in [0.1, 0.15) is 15.9 Å². The zero-order chi connectivity index (χ0) is 18.8. The van der Waals surface area contributed by atoms with E-state index in [0.29, 0.717) is 47.1 Å². The highest BCUT2D eigenvalue weighted by Crippen LogP contribution is 2.33. The Morgan fingerprint density at radius 1 is 1.11 bits per heavy atom. The molecular formula is C20H18N2O5. The first-order valence-electron chi connectivity index (χ1n) is 8.52. The highest BCUT2D eigenvalue weighted by Gasteiger charge is 2.14. The Labute approximate surface area is 154 Å². The molecule has 0 unspecified atom stereocenters. The Bertz CT molecular complexity index is 1060. The van der Waals surface area contributed by atoms with Gasteiger partial charge in [0.05, 0.1) is 12.6 Å². The van der Waals surface area contributed by atoms with Crippen LogP contribution in [-0.2, 0) is 6.54 Å². The summed E-state index contributed by atoms with van der Waals surface area (Å²) in [7, 11) is 1.56. The van der Waals surface area contributed by atoms with Gasteiger partial charge in [-0.2, -0.15) is 0 Å². The van der Waals surface area contributed by atoms with E-state index in [4.69, 9.17) is 14.2 Å². The first-order valence-corrected chi connectivity index (χ1v) is 8.52. The molecular weight excluding hydrogens is 348 g/mol. The minimum Gasteiger partial charge on any atom is -0.497 e. The number of nitrogens with one attached hydrogen (secondary N) is 2. The van der Waals surface area contributed by atoms with Gasteiger partial charge in [0.1, 0.15) is 19.0 Å². The average molecular weight is 366 g/mol. The fourth-order valence-electron chi connectivity index (χ4n) is 2.94. The van der Waals surface area contributed by atoms with Crippen molar-refractivity contribution in [2.24, 2.45) is 0 Å². The van der Waals surface area contributed by atoms with Crippen LogP contribution < -0.4 is 25.1 Å². The Morgan fingerprint density at radius 3 is 2.52 bits per heavy atom. The van der Waals surface area contributed by atoms with E-state index in [9.17, 15) is 9.59 Å². The number of aromatic nitrogens is 1. The van der Waals surface area contributed by atoms with Crippen molar-refractivity contribution in [3.8, 4) is 17.2 Å². The number of H-pyrrole nitrogens is 1. The molecule has 0 aliphatic carbocycles. The number of pyridine rings is 1. The summed E-state index contributed by atoms with van der Waals surface area (Å²) in [5.41, 5.74) is 1.36. The molecule has 1 aromatic heterocycles. The van der Waals surface area contributed by atoms with Crippen molar-refractivity contribution in [3.05, 3.63) is 63.9 Å². The predicted molar refractivity (Wildman–Crippen MR) is 99.7 cm³/mol. The molecule has 0 fully saturated rings. The van der Waals surface area contributed by atoms with E-state index < -0.39 is 0 Å². The van der Waals surface area contributed by atoms with Crippen LogP contribution in [0.25, 0.3) is 10.9 Å². The Balaban J connectivity index is 1.55. The lowest BCUT2D eigenvalue weighted by Crippen LogP contribution is -2.26. The summed E-state index contributed by atoms with van der Waals surface area (Å²) in [6, 6.07) is 12.1. The van der Waals surface area contributed by atoms with Crippen LogP contribution >= 0.6 is 0 Å². The third-order valence-corrected chi connectivity index (χ3v) is 4.38. The van der Waals surface area contributed by atoms with Crippen LogP contribution in [0.5, 0.6) is 17.2 Å². The van der Waals surface area contributed by atoms with Crippen LogP contribution in [0, 0.1) is 0 Å². The Morgan fingerprint density at radius 2 is 1.81 bits per heavy atom. The average Bonchev–Trinajstić information content (AvgIpc) is 2.70. The molecule has 0 saturated carbocycles. The molecule has 1 aliphatic heterocycles. The number of hydrogen-bond donors (Lipinski definition) is 2. The molecule has 138 valence electrons. The molecule has 4 rings (SSSR count). The van der Waals surface area contributed by atoms with Crippen LogP contribution in [0.15, 0.2) is 47.3 Å². The number of rotatable bonds is 4. The van der Waals surface area contributed by atoms with Gasteiger partial charge in [-0.05, 0) is 36.4 Å². The standard InChI is InChI=1S/C20H18N2O5/c1-25-15-4-2-12(3-5-15)19(23)21-11-14-8-13-9-17-18(27-7-6-26-17)10-16(13)22-20(14)24/h2-5,8-10H,6-7,11H2,1H3,(H,21,23)(H,22,24). The van der Waals surface area contributed by atoms with Gasteiger partial charge in [-0.3, -0.25) is 9.59 Å². The van der Waals surface area contributed by atoms with Gasteiger partial charge < -0.3 is 24.5 Å². The first-order chi connectivity index (χ1) is 13.1. The molecule has 27 heavy (non-hydrogen) atoms. The summed E-state index contributed by atoms with van der Waals surface area (Å²) in [5.74, 6) is 1.67. The molecule has 3 aromatic rings. The summed E-state index contributed by atoms with van der Waals surface area (Å²) in [4.78, 5) is 27.4. The fourth-order valence-corrected chi connectivity index (χ4v) is 2.94. The van der Waals surface area contributed by atoms with Gasteiger partial charge >= 0.3 is 0 Å².